The summed E-state index contributed by atoms with van der Waals surface area (Å²) in [6, 6.07) is 0.121. The lowest BCUT2D eigenvalue weighted by molar-refractivity contribution is -0.143. The SMILES string of the molecule is CC1OCCC1N(C)C(=O)N1CCC(C(=O)O)CC1. The average molecular weight is 270 g/mol. The number of aliphatic carboxylic acids is 1. The third kappa shape index (κ3) is 3.00. The fourth-order valence-electron chi connectivity index (χ4n) is 2.91. The van der Waals surface area contributed by atoms with Crippen molar-refractivity contribution < 1.29 is 19.4 Å². The van der Waals surface area contributed by atoms with Crippen LogP contribution in [0.2, 0.25) is 0 Å². The molecule has 2 heterocycles. The summed E-state index contributed by atoms with van der Waals surface area (Å²) < 4.78 is 5.48. The number of hydrogen-bond acceptors (Lipinski definition) is 3. The second kappa shape index (κ2) is 5.77. The molecule has 0 saturated carbocycles. The van der Waals surface area contributed by atoms with Crippen LogP contribution < -0.4 is 0 Å². The summed E-state index contributed by atoms with van der Waals surface area (Å²) in [6.45, 7) is 3.74. The predicted octanol–water partition coefficient (Wildman–Crippen LogP) is 1.01. The summed E-state index contributed by atoms with van der Waals surface area (Å²) in [5.41, 5.74) is 0. The van der Waals surface area contributed by atoms with Gasteiger partial charge in [-0.3, -0.25) is 4.79 Å². The van der Waals surface area contributed by atoms with E-state index in [-0.39, 0.29) is 24.1 Å². The zero-order valence-corrected chi connectivity index (χ0v) is 11.5. The Morgan fingerprint density at radius 2 is 1.89 bits per heavy atom. The van der Waals surface area contributed by atoms with Crippen LogP contribution in [0.25, 0.3) is 0 Å². The van der Waals surface area contributed by atoms with Gasteiger partial charge in [0.15, 0.2) is 0 Å². The van der Waals surface area contributed by atoms with Crippen molar-refractivity contribution in [2.45, 2.75) is 38.3 Å². The molecule has 2 unspecified atom stereocenters. The molecule has 0 aromatic rings. The van der Waals surface area contributed by atoms with Crippen LogP contribution in [0.5, 0.6) is 0 Å². The van der Waals surface area contributed by atoms with E-state index in [1.807, 2.05) is 14.0 Å². The molecule has 1 N–H and O–H groups in total. The summed E-state index contributed by atoms with van der Waals surface area (Å²) in [7, 11) is 1.81. The summed E-state index contributed by atoms with van der Waals surface area (Å²) >= 11 is 0. The molecule has 2 fully saturated rings. The second-order valence-electron chi connectivity index (χ2n) is 5.42. The fourth-order valence-corrected chi connectivity index (χ4v) is 2.91. The first-order valence-corrected chi connectivity index (χ1v) is 6.87. The highest BCUT2D eigenvalue weighted by molar-refractivity contribution is 5.75. The number of carbonyl (C=O) groups is 2. The zero-order chi connectivity index (χ0) is 14.0. The minimum atomic E-state index is -0.752. The van der Waals surface area contributed by atoms with Gasteiger partial charge < -0.3 is 19.6 Å². The number of urea groups is 1. The molecule has 108 valence electrons. The molecule has 6 heteroatoms. The number of hydrogen-bond donors (Lipinski definition) is 1. The Kier molecular flexibility index (Phi) is 4.29. The molecule has 2 atom stereocenters. The number of likely N-dealkylation sites (tertiary alicyclic amines) is 1. The minimum Gasteiger partial charge on any atom is -0.481 e. The Labute approximate surface area is 113 Å². The van der Waals surface area contributed by atoms with E-state index in [2.05, 4.69) is 0 Å². The Morgan fingerprint density at radius 3 is 2.37 bits per heavy atom. The van der Waals surface area contributed by atoms with E-state index in [0.717, 1.165) is 6.42 Å². The van der Waals surface area contributed by atoms with E-state index >= 15 is 0 Å². The van der Waals surface area contributed by atoms with Crippen molar-refractivity contribution in [1.29, 1.82) is 0 Å². The third-order valence-electron chi connectivity index (χ3n) is 4.25. The fraction of sp³-hybridized carbons (Fsp3) is 0.846. The highest BCUT2D eigenvalue weighted by Gasteiger charge is 2.34. The molecule has 0 spiro atoms. The van der Waals surface area contributed by atoms with Gasteiger partial charge >= 0.3 is 12.0 Å². The second-order valence-corrected chi connectivity index (χ2v) is 5.42. The lowest BCUT2D eigenvalue weighted by Gasteiger charge is -2.36. The van der Waals surface area contributed by atoms with Gasteiger partial charge in [0.1, 0.15) is 0 Å². The van der Waals surface area contributed by atoms with E-state index in [1.54, 1.807) is 9.80 Å². The van der Waals surface area contributed by atoms with E-state index < -0.39 is 5.97 Å². The van der Waals surface area contributed by atoms with Gasteiger partial charge in [0.05, 0.1) is 18.1 Å². The smallest absolute Gasteiger partial charge is 0.320 e. The Balaban J connectivity index is 1.88. The number of amides is 2. The third-order valence-corrected chi connectivity index (χ3v) is 4.25. The maximum atomic E-state index is 12.4. The van der Waals surface area contributed by atoms with Gasteiger partial charge in [0.2, 0.25) is 0 Å². The molecule has 2 rings (SSSR count). The summed E-state index contributed by atoms with van der Waals surface area (Å²) in [6.07, 6.45) is 2.04. The van der Waals surface area contributed by atoms with Crippen LogP contribution in [0.15, 0.2) is 0 Å². The van der Waals surface area contributed by atoms with Crippen LogP contribution >= 0.6 is 0 Å². The van der Waals surface area contributed by atoms with Crippen LogP contribution in [-0.2, 0) is 9.53 Å². The number of carbonyl (C=O) groups excluding carboxylic acids is 1. The Hall–Kier alpha value is -1.30. The van der Waals surface area contributed by atoms with Crippen LogP contribution in [0, 0.1) is 5.92 Å². The van der Waals surface area contributed by atoms with E-state index in [1.165, 1.54) is 0 Å². The molecule has 2 aliphatic rings. The van der Waals surface area contributed by atoms with Gasteiger partial charge in [-0.25, -0.2) is 4.79 Å². The monoisotopic (exact) mass is 270 g/mol. The van der Waals surface area contributed by atoms with Crippen LogP contribution in [0.4, 0.5) is 4.79 Å². The van der Waals surface area contributed by atoms with Gasteiger partial charge in [0, 0.05) is 26.7 Å². The van der Waals surface area contributed by atoms with Crippen molar-refractivity contribution >= 4 is 12.0 Å². The molecule has 0 bridgehead atoms. The lowest BCUT2D eigenvalue weighted by atomic mass is 9.97. The predicted molar refractivity (Wildman–Crippen MR) is 68.9 cm³/mol. The van der Waals surface area contributed by atoms with Gasteiger partial charge in [-0.1, -0.05) is 0 Å². The maximum Gasteiger partial charge on any atom is 0.320 e. The first-order chi connectivity index (χ1) is 9.00. The number of rotatable bonds is 2. The molecule has 2 amide bonds. The van der Waals surface area contributed by atoms with Gasteiger partial charge in [-0.15, -0.1) is 0 Å². The first-order valence-electron chi connectivity index (χ1n) is 6.87. The Bertz CT molecular complexity index is 353. The molecule has 0 aliphatic carbocycles. The highest BCUT2D eigenvalue weighted by Crippen LogP contribution is 2.22. The van der Waals surface area contributed by atoms with Crippen LogP contribution in [0.1, 0.15) is 26.2 Å². The topological polar surface area (TPSA) is 70.1 Å². The average Bonchev–Trinajstić information content (AvgIpc) is 2.83. The molecule has 0 radical (unpaired) electrons. The molecule has 6 nitrogen and oxygen atoms in total. The Morgan fingerprint density at radius 1 is 1.26 bits per heavy atom. The normalized spacial score (nSPS) is 28.4. The molecule has 2 saturated heterocycles. The number of carboxylic acids is 1. The molecule has 2 aliphatic heterocycles. The van der Waals surface area contributed by atoms with E-state index in [9.17, 15) is 9.59 Å². The number of likely N-dealkylation sites (N-methyl/N-ethyl adjacent to an activating group) is 1. The van der Waals surface area contributed by atoms with Crippen molar-refractivity contribution in [2.75, 3.05) is 26.7 Å². The molecule has 0 aromatic heterocycles. The van der Waals surface area contributed by atoms with Gasteiger partial charge in [0.25, 0.3) is 0 Å². The largest absolute Gasteiger partial charge is 0.481 e. The standard InChI is InChI=1S/C13H22N2O4/c1-9-11(5-8-19-9)14(2)13(18)15-6-3-10(4-7-15)12(16)17/h9-11H,3-8H2,1-2H3,(H,16,17). The van der Waals surface area contributed by atoms with Crippen molar-refractivity contribution in [2.24, 2.45) is 5.92 Å². The molecular weight excluding hydrogens is 248 g/mol. The summed E-state index contributed by atoms with van der Waals surface area (Å²) in [5, 5.41) is 8.95. The van der Waals surface area contributed by atoms with Crippen molar-refractivity contribution in [3.05, 3.63) is 0 Å². The first kappa shape index (κ1) is 14.1. The number of piperidine rings is 1. The molecule has 0 aromatic carbocycles. The minimum absolute atomic E-state index is 0.00816. The van der Waals surface area contributed by atoms with E-state index in [0.29, 0.717) is 32.5 Å². The van der Waals surface area contributed by atoms with Gasteiger partial charge in [-0.2, -0.15) is 0 Å². The number of carboxylic acid groups (broad SMARTS) is 1. The maximum absolute atomic E-state index is 12.4. The molecule has 19 heavy (non-hydrogen) atoms. The van der Waals surface area contributed by atoms with Crippen LogP contribution in [0.3, 0.4) is 0 Å². The van der Waals surface area contributed by atoms with Gasteiger partial charge in [-0.05, 0) is 26.2 Å². The zero-order valence-electron chi connectivity index (χ0n) is 11.5. The highest BCUT2D eigenvalue weighted by atomic mass is 16.5. The number of nitrogens with zero attached hydrogens (tertiary/aromatic N) is 2. The van der Waals surface area contributed by atoms with E-state index in [4.69, 9.17) is 9.84 Å². The van der Waals surface area contributed by atoms with Crippen molar-refractivity contribution in [3.8, 4) is 0 Å². The quantitative estimate of drug-likeness (QED) is 0.813. The molecular formula is C13H22N2O4. The van der Waals surface area contributed by atoms with Crippen molar-refractivity contribution in [3.63, 3.8) is 0 Å². The lowest BCUT2D eigenvalue weighted by Crippen LogP contribution is -2.50. The van der Waals surface area contributed by atoms with Crippen LogP contribution in [-0.4, -0.2) is 65.8 Å². The summed E-state index contributed by atoms with van der Waals surface area (Å²) in [5.74, 6) is -1.05. The number of ether oxygens (including phenoxy) is 1. The summed E-state index contributed by atoms with van der Waals surface area (Å²) in [4.78, 5) is 26.7. The van der Waals surface area contributed by atoms with Crippen molar-refractivity contribution in [1.82, 2.24) is 9.80 Å².